The summed E-state index contributed by atoms with van der Waals surface area (Å²) < 4.78 is 10.8. The Morgan fingerprint density at radius 2 is 2.00 bits per heavy atom. The summed E-state index contributed by atoms with van der Waals surface area (Å²) in [6.45, 7) is 6.22. The van der Waals surface area contributed by atoms with Crippen LogP contribution in [-0.4, -0.2) is 37.7 Å². The fourth-order valence-electron chi connectivity index (χ4n) is 1.46. The molecule has 0 bridgehead atoms. The maximum atomic E-state index is 9.84. The Morgan fingerprint density at radius 1 is 1.29 bits per heavy atom. The monoisotopic (exact) mass is 259 g/mol. The van der Waals surface area contributed by atoms with Crippen molar-refractivity contribution < 1.29 is 14.6 Å². The Morgan fingerprint density at radius 3 is 2.53 bits per heavy atom. The highest BCUT2D eigenvalue weighted by Gasteiger charge is 2.10. The molecule has 0 amide bonds. The van der Waals surface area contributed by atoms with E-state index < -0.39 is 6.10 Å². The van der Waals surface area contributed by atoms with Crippen molar-refractivity contribution in [3.63, 3.8) is 0 Å². The quantitative estimate of drug-likeness (QED) is 0.664. The normalized spacial score (nSPS) is 13.2. The van der Waals surface area contributed by atoms with Crippen LogP contribution in [0.5, 0.6) is 0 Å². The van der Waals surface area contributed by atoms with Gasteiger partial charge < -0.3 is 19.9 Å². The second kappa shape index (κ2) is 8.60. The van der Waals surface area contributed by atoms with E-state index in [1.54, 1.807) is 11.3 Å². The molecule has 1 heterocycles. The van der Waals surface area contributed by atoms with E-state index in [0.717, 1.165) is 5.56 Å². The number of nitrogens with one attached hydrogen (secondary N) is 1. The number of hydrogen-bond donors (Lipinski definition) is 2. The molecule has 0 aliphatic carbocycles. The van der Waals surface area contributed by atoms with Crippen LogP contribution >= 0.6 is 11.3 Å². The maximum absolute atomic E-state index is 9.84. The molecule has 1 aromatic heterocycles. The number of hydrogen-bond acceptors (Lipinski definition) is 5. The van der Waals surface area contributed by atoms with E-state index >= 15 is 0 Å². The first-order valence-corrected chi connectivity index (χ1v) is 6.86. The van der Waals surface area contributed by atoms with Crippen LogP contribution < -0.4 is 5.32 Å². The van der Waals surface area contributed by atoms with Crippen molar-refractivity contribution in [2.75, 3.05) is 26.3 Å². The van der Waals surface area contributed by atoms with Crippen molar-refractivity contribution in [1.82, 2.24) is 5.32 Å². The minimum absolute atomic E-state index is 0.236. The third-order valence-corrected chi connectivity index (χ3v) is 2.98. The molecule has 0 fully saturated rings. The van der Waals surface area contributed by atoms with Gasteiger partial charge in [0.05, 0.1) is 6.10 Å². The lowest BCUT2D eigenvalue weighted by molar-refractivity contribution is -0.133. The summed E-state index contributed by atoms with van der Waals surface area (Å²) in [5.41, 5.74) is 0.951. The predicted octanol–water partition coefficient (Wildman–Crippen LogP) is 1.77. The van der Waals surface area contributed by atoms with Crippen LogP contribution in [0.25, 0.3) is 0 Å². The lowest BCUT2D eigenvalue weighted by Gasteiger charge is -2.18. The fraction of sp³-hybridized carbons (Fsp3) is 0.667. The molecule has 0 spiro atoms. The molecular weight excluding hydrogens is 238 g/mol. The first-order chi connectivity index (χ1) is 8.27. The van der Waals surface area contributed by atoms with E-state index in [0.29, 0.717) is 26.3 Å². The molecule has 17 heavy (non-hydrogen) atoms. The number of aliphatic hydroxyl groups is 1. The summed E-state index contributed by atoms with van der Waals surface area (Å²) >= 11 is 1.59. The van der Waals surface area contributed by atoms with Crippen LogP contribution in [0.4, 0.5) is 0 Å². The summed E-state index contributed by atoms with van der Waals surface area (Å²) in [5, 5.41) is 16.9. The largest absolute Gasteiger partial charge is 0.387 e. The molecule has 1 aromatic rings. The van der Waals surface area contributed by atoms with Gasteiger partial charge in [0, 0.05) is 26.3 Å². The van der Waals surface area contributed by atoms with Gasteiger partial charge in [-0.3, -0.25) is 0 Å². The predicted molar refractivity (Wildman–Crippen MR) is 69.2 cm³/mol. The van der Waals surface area contributed by atoms with Gasteiger partial charge in [-0.1, -0.05) is 0 Å². The van der Waals surface area contributed by atoms with Crippen LogP contribution in [-0.2, 0) is 9.47 Å². The lowest BCUT2D eigenvalue weighted by Crippen LogP contribution is -2.33. The zero-order valence-electron chi connectivity index (χ0n) is 10.4. The van der Waals surface area contributed by atoms with Gasteiger partial charge in [-0.15, -0.1) is 0 Å². The number of aliphatic hydroxyl groups excluding tert-OH is 1. The van der Waals surface area contributed by atoms with Gasteiger partial charge >= 0.3 is 0 Å². The average molecular weight is 259 g/mol. The summed E-state index contributed by atoms with van der Waals surface area (Å²) in [6.07, 6.45) is -0.704. The molecule has 1 atom stereocenters. The Balaban J connectivity index is 2.21. The zero-order valence-corrected chi connectivity index (χ0v) is 11.2. The molecule has 4 nitrogen and oxygen atoms in total. The van der Waals surface area contributed by atoms with Gasteiger partial charge in [-0.2, -0.15) is 11.3 Å². The molecular formula is C12H21NO3S. The molecule has 1 unspecified atom stereocenters. The minimum atomic E-state index is -0.467. The highest BCUT2D eigenvalue weighted by atomic mass is 32.1. The zero-order chi connectivity index (χ0) is 12.5. The van der Waals surface area contributed by atoms with Gasteiger partial charge in [-0.25, -0.2) is 0 Å². The molecule has 98 valence electrons. The first-order valence-electron chi connectivity index (χ1n) is 5.92. The van der Waals surface area contributed by atoms with Crippen LogP contribution in [0.1, 0.15) is 25.5 Å². The third-order valence-electron chi connectivity index (χ3n) is 2.28. The van der Waals surface area contributed by atoms with Crippen molar-refractivity contribution in [3.05, 3.63) is 22.4 Å². The summed E-state index contributed by atoms with van der Waals surface area (Å²) in [6, 6.07) is 1.93. The molecule has 2 N–H and O–H groups in total. The van der Waals surface area contributed by atoms with Crippen molar-refractivity contribution in [1.29, 1.82) is 0 Å². The van der Waals surface area contributed by atoms with Gasteiger partial charge in [0.1, 0.15) is 0 Å². The number of ether oxygens (including phenoxy) is 2. The second-order valence-corrected chi connectivity index (χ2v) is 4.35. The van der Waals surface area contributed by atoms with Crippen molar-refractivity contribution in [3.8, 4) is 0 Å². The molecule has 0 saturated carbocycles. The summed E-state index contributed by atoms with van der Waals surface area (Å²) in [4.78, 5) is 0. The smallest absolute Gasteiger partial charge is 0.169 e. The SMILES string of the molecule is CCOC(CNCC(O)c1ccsc1)OCC. The molecule has 0 aromatic carbocycles. The highest BCUT2D eigenvalue weighted by Crippen LogP contribution is 2.14. The highest BCUT2D eigenvalue weighted by molar-refractivity contribution is 7.07. The maximum Gasteiger partial charge on any atom is 0.169 e. The first kappa shape index (κ1) is 14.6. The minimum Gasteiger partial charge on any atom is -0.387 e. The number of thiophene rings is 1. The van der Waals surface area contributed by atoms with Crippen molar-refractivity contribution >= 4 is 11.3 Å². The van der Waals surface area contributed by atoms with Gasteiger partial charge in [0.2, 0.25) is 0 Å². The standard InChI is InChI=1S/C12H21NO3S/c1-3-15-12(16-4-2)8-13-7-11(14)10-5-6-17-9-10/h5-6,9,11-14H,3-4,7-8H2,1-2H3. The molecule has 0 aliphatic rings. The Bertz CT molecular complexity index is 273. The number of rotatable bonds is 9. The van der Waals surface area contributed by atoms with Gasteiger partial charge in [-0.05, 0) is 36.2 Å². The Kier molecular flexibility index (Phi) is 7.39. The molecule has 0 radical (unpaired) electrons. The van der Waals surface area contributed by atoms with E-state index in [-0.39, 0.29) is 6.29 Å². The van der Waals surface area contributed by atoms with Crippen LogP contribution in [0.3, 0.4) is 0 Å². The second-order valence-electron chi connectivity index (χ2n) is 3.57. The van der Waals surface area contributed by atoms with Crippen LogP contribution in [0.15, 0.2) is 16.8 Å². The molecule has 0 aliphatic heterocycles. The van der Waals surface area contributed by atoms with E-state index in [1.165, 1.54) is 0 Å². The van der Waals surface area contributed by atoms with E-state index in [2.05, 4.69) is 5.32 Å². The van der Waals surface area contributed by atoms with E-state index in [9.17, 15) is 5.11 Å². The fourth-order valence-corrected chi connectivity index (χ4v) is 2.17. The third kappa shape index (κ3) is 5.61. The van der Waals surface area contributed by atoms with Crippen LogP contribution in [0, 0.1) is 0 Å². The Labute approximate surface area is 107 Å². The van der Waals surface area contributed by atoms with Gasteiger partial charge in [0.15, 0.2) is 6.29 Å². The van der Waals surface area contributed by atoms with Crippen molar-refractivity contribution in [2.24, 2.45) is 0 Å². The van der Waals surface area contributed by atoms with E-state index in [1.807, 2.05) is 30.7 Å². The average Bonchev–Trinajstić information content (AvgIpc) is 2.83. The van der Waals surface area contributed by atoms with Crippen LogP contribution in [0.2, 0.25) is 0 Å². The lowest BCUT2D eigenvalue weighted by atomic mass is 10.2. The Hall–Kier alpha value is -0.460. The van der Waals surface area contributed by atoms with Crippen molar-refractivity contribution in [2.45, 2.75) is 26.2 Å². The van der Waals surface area contributed by atoms with E-state index in [4.69, 9.17) is 9.47 Å². The van der Waals surface area contributed by atoms with Gasteiger partial charge in [0.25, 0.3) is 0 Å². The summed E-state index contributed by atoms with van der Waals surface area (Å²) in [5.74, 6) is 0. The molecule has 1 rings (SSSR count). The topological polar surface area (TPSA) is 50.7 Å². The molecule has 0 saturated heterocycles. The summed E-state index contributed by atoms with van der Waals surface area (Å²) in [7, 11) is 0. The molecule has 5 heteroatoms.